The van der Waals surface area contributed by atoms with Crippen molar-refractivity contribution in [2.24, 2.45) is 0 Å². The second kappa shape index (κ2) is 10.5. The van der Waals surface area contributed by atoms with E-state index < -0.39 is 23.8 Å². The molecule has 16 heteroatoms. The SMILES string of the molecule is [C-]#[N+]c1cc(C)c(NC(=O)c2cc(Cn3nnc(C(F)(F)F)n3)nn2-c2ncccc2Cl)c(C(=O)N(C)C)c1. The van der Waals surface area contributed by atoms with E-state index in [0.29, 0.717) is 10.4 Å². The van der Waals surface area contributed by atoms with Crippen LogP contribution in [0.2, 0.25) is 5.02 Å². The van der Waals surface area contributed by atoms with Crippen LogP contribution in [0, 0.1) is 13.5 Å². The average molecular weight is 559 g/mol. The van der Waals surface area contributed by atoms with Crippen LogP contribution < -0.4 is 5.32 Å². The Kier molecular flexibility index (Phi) is 7.32. The first-order chi connectivity index (χ1) is 18.4. The molecule has 4 rings (SSSR count). The maximum atomic E-state index is 13.5. The molecule has 0 radical (unpaired) electrons. The minimum Gasteiger partial charge on any atom is -0.345 e. The molecule has 0 saturated carbocycles. The zero-order valence-electron chi connectivity index (χ0n) is 20.5. The summed E-state index contributed by atoms with van der Waals surface area (Å²) in [6.45, 7) is 8.58. The van der Waals surface area contributed by atoms with Gasteiger partial charge in [0, 0.05) is 20.3 Å². The summed E-state index contributed by atoms with van der Waals surface area (Å²) in [7, 11) is 3.06. The second-order valence-electron chi connectivity index (χ2n) is 8.33. The highest BCUT2D eigenvalue weighted by Crippen LogP contribution is 2.30. The summed E-state index contributed by atoms with van der Waals surface area (Å²) in [5.41, 5.74) is 0.919. The molecule has 39 heavy (non-hydrogen) atoms. The molecule has 3 aromatic heterocycles. The van der Waals surface area contributed by atoms with Gasteiger partial charge in [0.1, 0.15) is 12.2 Å². The number of anilines is 1. The highest BCUT2D eigenvalue weighted by Gasteiger charge is 2.37. The Morgan fingerprint density at radius 1 is 1.21 bits per heavy atom. The number of hydrogen-bond acceptors (Lipinski definition) is 7. The summed E-state index contributed by atoms with van der Waals surface area (Å²) in [4.78, 5) is 35.9. The first-order valence-corrected chi connectivity index (χ1v) is 11.4. The van der Waals surface area contributed by atoms with Crippen LogP contribution in [0.1, 0.15) is 37.9 Å². The number of hydrogen-bond donors (Lipinski definition) is 1. The average Bonchev–Trinajstić information content (AvgIpc) is 3.52. The normalized spacial score (nSPS) is 11.2. The molecular formula is C23H18ClF3N10O2. The summed E-state index contributed by atoms with van der Waals surface area (Å²) < 4.78 is 39.8. The van der Waals surface area contributed by atoms with Crippen molar-refractivity contribution in [3.63, 3.8) is 0 Å². The van der Waals surface area contributed by atoms with Gasteiger partial charge in [0.2, 0.25) is 0 Å². The van der Waals surface area contributed by atoms with Gasteiger partial charge in [-0.2, -0.15) is 23.1 Å². The number of tetrazole rings is 1. The zero-order chi connectivity index (χ0) is 28.5. The number of aryl methyl sites for hydroxylation is 1. The number of nitrogens with one attached hydrogen (secondary N) is 1. The van der Waals surface area contributed by atoms with Gasteiger partial charge in [-0.15, -0.1) is 10.2 Å². The molecule has 0 aliphatic heterocycles. The Morgan fingerprint density at radius 2 is 1.95 bits per heavy atom. The van der Waals surface area contributed by atoms with Gasteiger partial charge in [-0.1, -0.05) is 17.7 Å². The molecule has 0 bridgehead atoms. The van der Waals surface area contributed by atoms with Gasteiger partial charge in [0.25, 0.3) is 17.6 Å². The third kappa shape index (κ3) is 5.70. The van der Waals surface area contributed by atoms with Gasteiger partial charge in [-0.25, -0.2) is 14.5 Å². The Morgan fingerprint density at radius 3 is 2.56 bits per heavy atom. The number of alkyl halides is 3. The monoisotopic (exact) mass is 558 g/mol. The first kappa shape index (κ1) is 27.2. The lowest BCUT2D eigenvalue weighted by Gasteiger charge is -2.18. The van der Waals surface area contributed by atoms with Gasteiger partial charge in [0.05, 0.1) is 28.5 Å². The number of carbonyl (C=O) groups is 2. The van der Waals surface area contributed by atoms with Gasteiger partial charge in [-0.05, 0) is 42.0 Å². The first-order valence-electron chi connectivity index (χ1n) is 11.0. The standard InChI is InChI=1S/C23H18ClF3N10O2/c1-12-8-13(28-2)9-15(21(39)35(3)4)18(12)30-20(38)17-10-14(11-36-33-22(31-34-36)23(25,26)27)32-37(17)19-16(24)6-5-7-29-19/h5-10H,11H2,1,3-4H3,(H,30,38). The second-order valence-corrected chi connectivity index (χ2v) is 8.74. The number of benzene rings is 1. The molecule has 0 unspecified atom stereocenters. The largest absolute Gasteiger partial charge is 0.455 e. The van der Waals surface area contributed by atoms with Crippen LogP contribution in [0.3, 0.4) is 0 Å². The Labute approximate surface area is 223 Å². The third-order valence-electron chi connectivity index (χ3n) is 5.27. The highest BCUT2D eigenvalue weighted by atomic mass is 35.5. The lowest BCUT2D eigenvalue weighted by atomic mass is 10.0. The Balaban J connectivity index is 1.77. The third-order valence-corrected chi connectivity index (χ3v) is 5.56. The van der Waals surface area contributed by atoms with Crippen LogP contribution in [-0.4, -0.2) is 65.8 Å². The molecule has 3 heterocycles. The van der Waals surface area contributed by atoms with E-state index in [9.17, 15) is 22.8 Å². The number of rotatable bonds is 6. The van der Waals surface area contributed by atoms with E-state index in [1.165, 1.54) is 49.5 Å². The molecular weight excluding hydrogens is 541 g/mol. The van der Waals surface area contributed by atoms with Gasteiger partial charge in [0.15, 0.2) is 11.5 Å². The minimum atomic E-state index is -4.79. The molecule has 200 valence electrons. The van der Waals surface area contributed by atoms with Crippen molar-refractivity contribution in [1.29, 1.82) is 0 Å². The van der Waals surface area contributed by atoms with E-state index in [1.54, 1.807) is 13.0 Å². The minimum absolute atomic E-state index is 0.0720. The van der Waals surface area contributed by atoms with Crippen LogP contribution in [0.4, 0.5) is 24.5 Å². The Hall–Kier alpha value is -4.84. The van der Waals surface area contributed by atoms with Crippen LogP contribution in [0.5, 0.6) is 0 Å². The van der Waals surface area contributed by atoms with E-state index in [1.807, 2.05) is 0 Å². The number of amides is 2. The maximum absolute atomic E-state index is 13.5. The topological polar surface area (TPSA) is 128 Å². The predicted octanol–water partition coefficient (Wildman–Crippen LogP) is 3.79. The van der Waals surface area contributed by atoms with Crippen LogP contribution in [-0.2, 0) is 12.7 Å². The van der Waals surface area contributed by atoms with Crippen LogP contribution in [0.15, 0.2) is 36.5 Å². The van der Waals surface area contributed by atoms with Crippen molar-refractivity contribution in [2.75, 3.05) is 19.4 Å². The van der Waals surface area contributed by atoms with E-state index in [0.717, 1.165) is 4.68 Å². The highest BCUT2D eigenvalue weighted by molar-refractivity contribution is 6.32. The molecule has 1 N–H and O–H groups in total. The maximum Gasteiger partial charge on any atom is 0.455 e. The molecule has 0 atom stereocenters. The number of nitrogens with zero attached hydrogens (tertiary/aromatic N) is 9. The van der Waals surface area contributed by atoms with Crippen molar-refractivity contribution < 1.29 is 22.8 Å². The van der Waals surface area contributed by atoms with Crippen molar-refractivity contribution >= 4 is 34.8 Å². The van der Waals surface area contributed by atoms with E-state index in [-0.39, 0.29) is 45.7 Å². The molecule has 0 saturated heterocycles. The summed E-state index contributed by atoms with van der Waals surface area (Å²) in [5.74, 6) is -2.53. The molecule has 0 aliphatic rings. The smallest absolute Gasteiger partial charge is 0.345 e. The fourth-order valence-electron chi connectivity index (χ4n) is 3.52. The summed E-state index contributed by atoms with van der Waals surface area (Å²) in [6.07, 6.45) is -3.37. The number of carbonyl (C=O) groups excluding carboxylic acids is 2. The van der Waals surface area contributed by atoms with Gasteiger partial charge >= 0.3 is 6.18 Å². The lowest BCUT2D eigenvalue weighted by Crippen LogP contribution is -2.25. The van der Waals surface area contributed by atoms with E-state index in [4.69, 9.17) is 18.2 Å². The fraction of sp³-hybridized carbons (Fsp3) is 0.217. The van der Waals surface area contributed by atoms with Crippen LogP contribution >= 0.6 is 11.6 Å². The van der Waals surface area contributed by atoms with Crippen molar-refractivity contribution in [2.45, 2.75) is 19.6 Å². The van der Waals surface area contributed by atoms with Crippen LogP contribution in [0.25, 0.3) is 10.7 Å². The van der Waals surface area contributed by atoms with Crippen molar-refractivity contribution in [3.05, 3.63) is 81.3 Å². The molecule has 12 nitrogen and oxygen atoms in total. The number of pyridine rings is 1. The van der Waals surface area contributed by atoms with E-state index in [2.05, 4.69) is 35.7 Å². The van der Waals surface area contributed by atoms with E-state index >= 15 is 0 Å². The summed E-state index contributed by atoms with van der Waals surface area (Å²) in [6, 6.07) is 7.26. The summed E-state index contributed by atoms with van der Waals surface area (Å²) >= 11 is 6.28. The van der Waals surface area contributed by atoms with Crippen molar-refractivity contribution in [1.82, 2.24) is 39.9 Å². The summed E-state index contributed by atoms with van der Waals surface area (Å²) in [5, 5.41) is 16.8. The molecule has 4 aromatic rings. The molecule has 0 aliphatic carbocycles. The van der Waals surface area contributed by atoms with Gasteiger partial charge < -0.3 is 10.2 Å². The molecule has 0 fully saturated rings. The zero-order valence-corrected chi connectivity index (χ0v) is 21.3. The van der Waals surface area contributed by atoms with Gasteiger partial charge in [-0.3, -0.25) is 9.59 Å². The molecule has 2 amide bonds. The number of halogens is 4. The molecule has 1 aromatic carbocycles. The van der Waals surface area contributed by atoms with Crippen molar-refractivity contribution in [3.8, 4) is 5.82 Å². The Bertz CT molecular complexity index is 1620. The lowest BCUT2D eigenvalue weighted by molar-refractivity contribution is -0.145. The number of aromatic nitrogens is 7. The fourth-order valence-corrected chi connectivity index (χ4v) is 3.72. The molecule has 0 spiro atoms. The predicted molar refractivity (Wildman–Crippen MR) is 132 cm³/mol. The quantitative estimate of drug-likeness (QED) is 0.357.